The third-order valence-electron chi connectivity index (χ3n) is 3.96. The first kappa shape index (κ1) is 15.7. The van der Waals surface area contributed by atoms with Crippen LogP contribution in [-0.2, 0) is 0 Å². The van der Waals surface area contributed by atoms with Gasteiger partial charge in [0, 0.05) is 6.54 Å². The topological polar surface area (TPSA) is 76.1 Å². The Morgan fingerprint density at radius 2 is 2.09 bits per heavy atom. The summed E-state index contributed by atoms with van der Waals surface area (Å²) < 4.78 is 31.9. The Morgan fingerprint density at radius 1 is 1.30 bits per heavy atom. The van der Waals surface area contributed by atoms with Crippen molar-refractivity contribution in [1.82, 2.24) is 14.9 Å². The predicted octanol–water partition coefficient (Wildman–Crippen LogP) is 0.911. The van der Waals surface area contributed by atoms with E-state index in [0.29, 0.717) is 12.1 Å². The van der Waals surface area contributed by atoms with Gasteiger partial charge in [0.05, 0.1) is 16.9 Å². The molecule has 2 heterocycles. The normalized spacial score (nSPS) is 18.0. The second-order valence-electron chi connectivity index (χ2n) is 5.50. The molecular formula is C15H17F2N3O3. The molecule has 0 spiro atoms. The number of fused-ring (bicyclic) bond motifs is 1. The fourth-order valence-electron chi connectivity index (χ4n) is 2.83. The van der Waals surface area contributed by atoms with Gasteiger partial charge in [-0.3, -0.25) is 14.3 Å². The maximum Gasteiger partial charge on any atom is 0.329 e. The average Bonchev–Trinajstić information content (AvgIpc) is 3.07. The number of halogens is 2. The molecule has 1 fully saturated rings. The number of ether oxygens (including phenoxy) is 1. The number of nitrogens with one attached hydrogen (secondary N) is 2. The summed E-state index contributed by atoms with van der Waals surface area (Å²) in [6, 6.07) is 4.45. The molecule has 23 heavy (non-hydrogen) atoms. The van der Waals surface area contributed by atoms with Crippen LogP contribution in [0.2, 0.25) is 0 Å². The van der Waals surface area contributed by atoms with E-state index in [1.807, 2.05) is 0 Å². The van der Waals surface area contributed by atoms with E-state index in [-0.39, 0.29) is 17.2 Å². The molecule has 3 rings (SSSR count). The Balaban J connectivity index is 2.09. The summed E-state index contributed by atoms with van der Waals surface area (Å²) in [4.78, 5) is 26.5. The molecule has 1 aliphatic heterocycles. The highest BCUT2D eigenvalue weighted by atomic mass is 19.1. The molecule has 8 heteroatoms. The Bertz CT molecular complexity index is 808. The van der Waals surface area contributed by atoms with Gasteiger partial charge in [0.1, 0.15) is 19.1 Å². The van der Waals surface area contributed by atoms with Gasteiger partial charge < -0.3 is 10.1 Å². The van der Waals surface area contributed by atoms with Gasteiger partial charge in [0.2, 0.25) is 0 Å². The third-order valence-corrected chi connectivity index (χ3v) is 3.96. The average molecular weight is 325 g/mol. The summed E-state index contributed by atoms with van der Waals surface area (Å²) in [5, 5.41) is 3.43. The smallest absolute Gasteiger partial charge is 0.329 e. The van der Waals surface area contributed by atoms with Gasteiger partial charge in [-0.1, -0.05) is 0 Å². The van der Waals surface area contributed by atoms with Crippen LogP contribution >= 0.6 is 0 Å². The molecule has 0 saturated carbocycles. The number of aromatic nitrogens is 2. The van der Waals surface area contributed by atoms with Crippen LogP contribution in [0.15, 0.2) is 27.8 Å². The van der Waals surface area contributed by atoms with E-state index in [1.54, 1.807) is 10.6 Å². The second kappa shape index (κ2) is 6.49. The molecule has 1 aliphatic rings. The molecule has 0 radical (unpaired) electrons. The maximum atomic E-state index is 12.6. The standard InChI is InChI=1S/C15H17F2N3O3/c16-6-11(7-17)23-10-1-2-13-12(5-10)14(21)19-15(22)20(13)9-3-4-18-8-9/h1-2,5,9,11,18H,3-4,6-8H2,(H,19,21,22). The van der Waals surface area contributed by atoms with Crippen LogP contribution in [0.25, 0.3) is 10.9 Å². The minimum Gasteiger partial charge on any atom is -0.485 e. The van der Waals surface area contributed by atoms with Crippen LogP contribution in [0.5, 0.6) is 5.75 Å². The van der Waals surface area contributed by atoms with Crippen LogP contribution in [0.4, 0.5) is 8.78 Å². The number of alkyl halides is 2. The van der Waals surface area contributed by atoms with E-state index in [9.17, 15) is 18.4 Å². The maximum absolute atomic E-state index is 12.6. The summed E-state index contributed by atoms with van der Waals surface area (Å²) in [5.74, 6) is 0.193. The van der Waals surface area contributed by atoms with Crippen LogP contribution in [0.3, 0.4) is 0 Å². The van der Waals surface area contributed by atoms with Gasteiger partial charge >= 0.3 is 5.69 Å². The lowest BCUT2D eigenvalue weighted by atomic mass is 10.2. The van der Waals surface area contributed by atoms with Crippen LogP contribution in [0.1, 0.15) is 12.5 Å². The van der Waals surface area contributed by atoms with Crippen molar-refractivity contribution < 1.29 is 13.5 Å². The SMILES string of the molecule is O=c1[nH]c(=O)n(C2CCNC2)c2ccc(OC(CF)CF)cc12. The van der Waals surface area contributed by atoms with Gasteiger partial charge in [-0.2, -0.15) is 0 Å². The highest BCUT2D eigenvalue weighted by molar-refractivity contribution is 5.79. The monoisotopic (exact) mass is 325 g/mol. The van der Waals surface area contributed by atoms with E-state index >= 15 is 0 Å². The summed E-state index contributed by atoms with van der Waals surface area (Å²) in [7, 11) is 0. The van der Waals surface area contributed by atoms with Crippen molar-refractivity contribution in [3.05, 3.63) is 39.0 Å². The minimum atomic E-state index is -1.20. The van der Waals surface area contributed by atoms with Gasteiger partial charge in [-0.15, -0.1) is 0 Å². The molecule has 124 valence electrons. The van der Waals surface area contributed by atoms with Gasteiger partial charge in [0.25, 0.3) is 5.56 Å². The quantitative estimate of drug-likeness (QED) is 0.857. The number of nitrogens with zero attached hydrogens (tertiary/aromatic N) is 1. The van der Waals surface area contributed by atoms with Crippen molar-refractivity contribution in [3.63, 3.8) is 0 Å². The minimum absolute atomic E-state index is 0.0435. The summed E-state index contributed by atoms with van der Waals surface area (Å²) in [5.41, 5.74) is -0.526. The van der Waals surface area contributed by atoms with Crippen LogP contribution in [0, 0.1) is 0 Å². The van der Waals surface area contributed by atoms with Crippen molar-refractivity contribution in [3.8, 4) is 5.75 Å². The van der Waals surface area contributed by atoms with E-state index in [2.05, 4.69) is 10.3 Å². The Hall–Kier alpha value is -2.22. The van der Waals surface area contributed by atoms with E-state index in [4.69, 9.17) is 4.74 Å². The van der Waals surface area contributed by atoms with Crippen LogP contribution in [-0.4, -0.2) is 42.1 Å². The molecule has 1 aromatic carbocycles. The number of hydrogen-bond acceptors (Lipinski definition) is 4. The Labute approximate surface area is 130 Å². The van der Waals surface area contributed by atoms with Gasteiger partial charge in [-0.05, 0) is 31.2 Å². The highest BCUT2D eigenvalue weighted by Crippen LogP contribution is 2.22. The third kappa shape index (κ3) is 2.98. The van der Waals surface area contributed by atoms with E-state index in [0.717, 1.165) is 13.0 Å². The Morgan fingerprint density at radius 3 is 2.74 bits per heavy atom. The van der Waals surface area contributed by atoms with E-state index < -0.39 is 30.7 Å². The van der Waals surface area contributed by atoms with Crippen molar-refractivity contribution in [2.45, 2.75) is 18.6 Å². The highest BCUT2D eigenvalue weighted by Gasteiger charge is 2.21. The van der Waals surface area contributed by atoms with Crippen molar-refractivity contribution in [1.29, 1.82) is 0 Å². The molecule has 1 atom stereocenters. The lowest BCUT2D eigenvalue weighted by Crippen LogP contribution is -2.33. The zero-order valence-corrected chi connectivity index (χ0v) is 12.4. The lowest BCUT2D eigenvalue weighted by Gasteiger charge is -2.17. The first-order chi connectivity index (χ1) is 11.1. The van der Waals surface area contributed by atoms with Gasteiger partial charge in [0.15, 0.2) is 6.10 Å². The zero-order chi connectivity index (χ0) is 16.4. The second-order valence-corrected chi connectivity index (χ2v) is 5.50. The molecule has 1 unspecified atom stereocenters. The van der Waals surface area contributed by atoms with Crippen molar-refractivity contribution in [2.24, 2.45) is 0 Å². The summed E-state index contributed by atoms with van der Waals surface area (Å²) >= 11 is 0. The molecule has 2 N–H and O–H groups in total. The number of hydrogen-bond donors (Lipinski definition) is 2. The van der Waals surface area contributed by atoms with Crippen LogP contribution < -0.4 is 21.3 Å². The molecular weight excluding hydrogens is 308 g/mol. The Kier molecular flexibility index (Phi) is 4.42. The molecule has 0 aliphatic carbocycles. The predicted molar refractivity (Wildman–Crippen MR) is 81.7 cm³/mol. The number of benzene rings is 1. The molecule has 0 amide bonds. The summed E-state index contributed by atoms with van der Waals surface area (Å²) in [6.07, 6.45) is -0.415. The van der Waals surface area contributed by atoms with Crippen molar-refractivity contribution in [2.75, 3.05) is 26.4 Å². The largest absolute Gasteiger partial charge is 0.485 e. The first-order valence-corrected chi connectivity index (χ1v) is 7.42. The van der Waals surface area contributed by atoms with E-state index in [1.165, 1.54) is 12.1 Å². The fourth-order valence-corrected chi connectivity index (χ4v) is 2.83. The fraction of sp³-hybridized carbons (Fsp3) is 0.467. The first-order valence-electron chi connectivity index (χ1n) is 7.42. The molecule has 6 nitrogen and oxygen atoms in total. The van der Waals surface area contributed by atoms with Crippen molar-refractivity contribution >= 4 is 10.9 Å². The van der Waals surface area contributed by atoms with Gasteiger partial charge in [-0.25, -0.2) is 13.6 Å². The number of rotatable bonds is 5. The molecule has 0 bridgehead atoms. The molecule has 1 saturated heterocycles. The summed E-state index contributed by atoms with van der Waals surface area (Å²) in [6.45, 7) is -0.477. The number of H-pyrrole nitrogens is 1. The number of aromatic amines is 1. The zero-order valence-electron chi connectivity index (χ0n) is 12.4. The molecule has 1 aromatic heterocycles. The lowest BCUT2D eigenvalue weighted by molar-refractivity contribution is 0.134. The molecule has 2 aromatic rings.